The van der Waals surface area contributed by atoms with Crippen molar-refractivity contribution in [2.45, 2.75) is 52.2 Å². The maximum atomic E-state index is 11.6. The average molecular weight is 549 g/mol. The van der Waals surface area contributed by atoms with Crippen LogP contribution in [0.1, 0.15) is 47.9 Å². The molecule has 0 amide bonds. The van der Waals surface area contributed by atoms with Crippen molar-refractivity contribution in [3.63, 3.8) is 0 Å². The molecule has 0 radical (unpaired) electrons. The zero-order valence-corrected chi connectivity index (χ0v) is 22.7. The fraction of sp³-hybridized carbons (Fsp3) is 0.417. The van der Waals surface area contributed by atoms with Gasteiger partial charge in [-0.1, -0.05) is 16.8 Å². The highest BCUT2D eigenvalue weighted by atomic mass is 35.5. The fourth-order valence-corrected chi connectivity index (χ4v) is 5.51. The number of carboxylic acids is 1. The number of imidazole rings is 1. The van der Waals surface area contributed by atoms with Gasteiger partial charge in [0.15, 0.2) is 11.6 Å². The van der Waals surface area contributed by atoms with E-state index in [1.165, 1.54) is 54.8 Å². The van der Waals surface area contributed by atoms with Gasteiger partial charge in [0, 0.05) is 23.5 Å². The van der Waals surface area contributed by atoms with Crippen molar-refractivity contribution in [1.82, 2.24) is 24.6 Å². The highest BCUT2D eigenvalue weighted by molar-refractivity contribution is 7.19. The number of thiophene rings is 1. The summed E-state index contributed by atoms with van der Waals surface area (Å²) in [5, 5.41) is 16.2. The Morgan fingerprint density at radius 2 is 2.08 bits per heavy atom. The minimum atomic E-state index is -1.07. The van der Waals surface area contributed by atoms with Crippen LogP contribution in [0.2, 0.25) is 4.34 Å². The molecular formula is C24H29ClN6O3S2. The summed E-state index contributed by atoms with van der Waals surface area (Å²) < 4.78 is 7.59. The van der Waals surface area contributed by atoms with Crippen molar-refractivity contribution in [3.05, 3.63) is 50.5 Å². The van der Waals surface area contributed by atoms with Crippen molar-refractivity contribution >= 4 is 40.2 Å². The number of hydrogen-bond donors (Lipinski definition) is 2. The monoisotopic (exact) mass is 548 g/mol. The van der Waals surface area contributed by atoms with Gasteiger partial charge in [-0.25, -0.2) is 14.8 Å². The number of likely N-dealkylation sites (tertiary alicyclic amines) is 1. The maximum Gasteiger partial charge on any atom is 0.354 e. The molecule has 0 aromatic carbocycles. The highest BCUT2D eigenvalue weighted by Crippen LogP contribution is 2.32. The first-order valence-corrected chi connectivity index (χ1v) is 13.7. The van der Waals surface area contributed by atoms with Crippen molar-refractivity contribution in [2.75, 3.05) is 13.1 Å². The number of piperidine rings is 1. The lowest BCUT2D eigenvalue weighted by Crippen LogP contribution is -2.42. The average Bonchev–Trinajstić information content (AvgIpc) is 3.62. The molecule has 0 unspecified atom stereocenters. The summed E-state index contributed by atoms with van der Waals surface area (Å²) >= 11 is 8.81. The molecule has 0 aliphatic carbocycles. The van der Waals surface area contributed by atoms with Crippen LogP contribution in [0.15, 0.2) is 34.3 Å². The van der Waals surface area contributed by atoms with Gasteiger partial charge in [0.05, 0.1) is 27.0 Å². The van der Waals surface area contributed by atoms with Crippen LogP contribution in [0.3, 0.4) is 0 Å². The van der Waals surface area contributed by atoms with E-state index >= 15 is 0 Å². The molecule has 0 saturated carbocycles. The van der Waals surface area contributed by atoms with E-state index in [-0.39, 0.29) is 12.2 Å². The quantitative estimate of drug-likeness (QED) is 0.335. The molecule has 0 spiro atoms. The molecule has 9 nitrogen and oxygen atoms in total. The lowest BCUT2D eigenvalue weighted by atomic mass is 10.1. The molecule has 1 aliphatic heterocycles. The summed E-state index contributed by atoms with van der Waals surface area (Å²) in [6.07, 6.45) is 3.68. The number of aromatic carboxylic acids is 1. The van der Waals surface area contributed by atoms with E-state index in [2.05, 4.69) is 33.9 Å². The predicted octanol–water partition coefficient (Wildman–Crippen LogP) is 5.25. The third-order valence-electron chi connectivity index (χ3n) is 5.92. The Morgan fingerprint density at radius 3 is 2.67 bits per heavy atom. The molecule has 1 aliphatic rings. The summed E-state index contributed by atoms with van der Waals surface area (Å²) in [4.78, 5) is 23.5. The Balaban J connectivity index is 0.000000256. The molecule has 12 heteroatoms. The topological polar surface area (TPSA) is 123 Å². The normalized spacial score (nSPS) is 14.7. The zero-order valence-electron chi connectivity index (χ0n) is 20.3. The van der Waals surface area contributed by atoms with E-state index < -0.39 is 5.97 Å². The molecular weight excluding hydrogens is 520 g/mol. The molecule has 0 bridgehead atoms. The van der Waals surface area contributed by atoms with Crippen molar-refractivity contribution in [2.24, 2.45) is 5.73 Å². The van der Waals surface area contributed by atoms with Crippen molar-refractivity contribution in [3.8, 4) is 22.2 Å². The second kappa shape index (κ2) is 11.7. The van der Waals surface area contributed by atoms with Crippen LogP contribution in [-0.2, 0) is 6.54 Å². The Labute approximate surface area is 222 Å². The van der Waals surface area contributed by atoms with Crippen LogP contribution in [0.5, 0.6) is 0 Å². The standard InChI is InChI=1S/C16H11ClN4O3S2.C8H18N2/c1-8-19-10(7-25-8)15-18-5-11(16(22)23)21(15)6-9-4-12(24-20-9)13-2-3-14(17)26-13;1-7(2)10-5-3-8(9)4-6-10/h2-5,7H,6H2,1H3,(H,22,23);7-8H,3-6,9H2,1-2H3. The number of halogens is 1. The number of thiazole rings is 1. The van der Waals surface area contributed by atoms with Crippen LogP contribution >= 0.6 is 34.3 Å². The second-order valence-corrected chi connectivity index (χ2v) is 11.6. The van der Waals surface area contributed by atoms with Gasteiger partial charge in [-0.3, -0.25) is 0 Å². The van der Waals surface area contributed by atoms with E-state index in [4.69, 9.17) is 21.9 Å². The molecule has 36 heavy (non-hydrogen) atoms. The zero-order chi connectivity index (χ0) is 25.8. The largest absolute Gasteiger partial charge is 0.477 e. The number of nitrogens with two attached hydrogens (primary N) is 1. The molecule has 5 rings (SSSR count). The Kier molecular flexibility index (Phi) is 8.58. The van der Waals surface area contributed by atoms with E-state index in [0.29, 0.717) is 39.4 Å². The SMILES string of the molecule is CC(C)N1CCC(N)CC1.Cc1nc(-c2ncc(C(=O)O)n2Cc2cc(-c3ccc(Cl)s3)on2)cs1. The molecule has 1 fully saturated rings. The summed E-state index contributed by atoms with van der Waals surface area (Å²) in [5.41, 5.74) is 7.05. The van der Waals surface area contributed by atoms with Crippen LogP contribution in [-0.4, -0.2) is 60.8 Å². The molecule has 4 aromatic rings. The summed E-state index contributed by atoms with van der Waals surface area (Å²) in [7, 11) is 0. The minimum Gasteiger partial charge on any atom is -0.477 e. The number of rotatable bonds is 6. The highest BCUT2D eigenvalue weighted by Gasteiger charge is 2.21. The summed E-state index contributed by atoms with van der Waals surface area (Å²) in [5.74, 6) is -0.000121. The molecule has 3 N–H and O–H groups in total. The first kappa shape index (κ1) is 26.5. The van der Waals surface area contributed by atoms with Gasteiger partial charge in [0.25, 0.3) is 0 Å². The van der Waals surface area contributed by atoms with Gasteiger partial charge >= 0.3 is 5.97 Å². The molecule has 192 valence electrons. The van der Waals surface area contributed by atoms with Crippen LogP contribution in [0.4, 0.5) is 0 Å². The Hall–Kier alpha value is -2.57. The first-order chi connectivity index (χ1) is 17.2. The van der Waals surface area contributed by atoms with Gasteiger partial charge in [0.2, 0.25) is 0 Å². The minimum absolute atomic E-state index is 0.0642. The van der Waals surface area contributed by atoms with Gasteiger partial charge in [-0.05, 0) is 58.8 Å². The third-order valence-corrected chi connectivity index (χ3v) is 7.94. The van der Waals surface area contributed by atoms with Crippen molar-refractivity contribution in [1.29, 1.82) is 0 Å². The summed E-state index contributed by atoms with van der Waals surface area (Å²) in [6, 6.07) is 6.57. The maximum absolute atomic E-state index is 11.6. The van der Waals surface area contributed by atoms with E-state index in [1.807, 2.05) is 18.4 Å². The lowest BCUT2D eigenvalue weighted by molar-refractivity contribution is 0.0685. The van der Waals surface area contributed by atoms with E-state index in [9.17, 15) is 9.90 Å². The number of hydrogen-bond acceptors (Lipinski definition) is 9. The third kappa shape index (κ3) is 6.40. The van der Waals surface area contributed by atoms with Gasteiger partial charge in [-0.15, -0.1) is 22.7 Å². The molecule has 4 aromatic heterocycles. The number of carboxylic acid groups (broad SMARTS) is 1. The molecule has 0 atom stereocenters. The Morgan fingerprint density at radius 1 is 1.33 bits per heavy atom. The van der Waals surface area contributed by atoms with E-state index in [0.717, 1.165) is 9.88 Å². The van der Waals surface area contributed by atoms with Crippen LogP contribution in [0, 0.1) is 6.92 Å². The van der Waals surface area contributed by atoms with E-state index in [1.54, 1.807) is 16.7 Å². The van der Waals surface area contributed by atoms with Gasteiger partial charge in [-0.2, -0.15) is 0 Å². The first-order valence-electron chi connectivity index (χ1n) is 11.6. The number of aromatic nitrogens is 4. The van der Waals surface area contributed by atoms with Gasteiger partial charge in [0.1, 0.15) is 17.1 Å². The summed E-state index contributed by atoms with van der Waals surface area (Å²) in [6.45, 7) is 8.97. The fourth-order valence-electron chi connectivity index (χ4n) is 3.92. The number of nitrogens with zero attached hydrogens (tertiary/aromatic N) is 5. The molecule has 5 heterocycles. The Bertz CT molecular complexity index is 1300. The smallest absolute Gasteiger partial charge is 0.354 e. The van der Waals surface area contributed by atoms with Gasteiger partial charge < -0.3 is 24.8 Å². The van der Waals surface area contributed by atoms with Crippen LogP contribution < -0.4 is 5.73 Å². The second-order valence-electron chi connectivity index (χ2n) is 8.86. The van der Waals surface area contributed by atoms with Crippen molar-refractivity contribution < 1.29 is 14.4 Å². The lowest BCUT2D eigenvalue weighted by Gasteiger charge is -2.32. The number of aryl methyl sites for hydroxylation is 1. The predicted molar refractivity (Wildman–Crippen MR) is 143 cm³/mol. The number of carbonyl (C=O) groups is 1. The molecule has 1 saturated heterocycles. The van der Waals surface area contributed by atoms with Crippen LogP contribution in [0.25, 0.3) is 22.2 Å².